The molecule has 2 aromatic carbocycles. The van der Waals surface area contributed by atoms with Crippen LogP contribution in [-0.2, 0) is 7.05 Å². The van der Waals surface area contributed by atoms with Crippen LogP contribution in [-0.4, -0.2) is 34.7 Å². The molecule has 1 saturated heterocycles. The second-order valence-electron chi connectivity index (χ2n) is 7.11. The van der Waals surface area contributed by atoms with Crippen LogP contribution in [0.3, 0.4) is 0 Å². The van der Waals surface area contributed by atoms with Gasteiger partial charge in [-0.05, 0) is 30.7 Å². The Morgan fingerprint density at radius 2 is 1.93 bits per heavy atom. The van der Waals surface area contributed by atoms with E-state index in [2.05, 4.69) is 5.32 Å². The molecule has 1 N–H and O–H groups in total. The molecule has 2 amide bonds. The first-order chi connectivity index (χ1) is 13.5. The van der Waals surface area contributed by atoms with E-state index in [0.29, 0.717) is 29.9 Å². The second-order valence-corrected chi connectivity index (χ2v) is 7.11. The molecule has 3 aromatic rings. The van der Waals surface area contributed by atoms with Gasteiger partial charge in [0.05, 0.1) is 5.52 Å². The number of oxazole rings is 1. The zero-order chi connectivity index (χ0) is 19.7. The van der Waals surface area contributed by atoms with Gasteiger partial charge < -0.3 is 19.4 Å². The van der Waals surface area contributed by atoms with Gasteiger partial charge in [0.1, 0.15) is 11.9 Å². The SMILES string of the molecule is Cc1ccccc1OC1CCN(C(=O)Nc2ccc3c(c2)oc(=O)n3C)CC1. The van der Waals surface area contributed by atoms with E-state index in [1.165, 1.54) is 4.57 Å². The van der Waals surface area contributed by atoms with Gasteiger partial charge in [0.25, 0.3) is 0 Å². The maximum absolute atomic E-state index is 12.6. The number of anilines is 1. The molecular weight excluding hydrogens is 358 g/mol. The number of nitrogens with zero attached hydrogens (tertiary/aromatic N) is 2. The van der Waals surface area contributed by atoms with E-state index in [1.807, 2.05) is 31.2 Å². The number of amides is 2. The Morgan fingerprint density at radius 3 is 2.68 bits per heavy atom. The summed E-state index contributed by atoms with van der Waals surface area (Å²) in [6.07, 6.45) is 1.68. The van der Waals surface area contributed by atoms with Crippen molar-refractivity contribution in [3.63, 3.8) is 0 Å². The molecule has 4 rings (SSSR count). The molecule has 0 aliphatic carbocycles. The van der Waals surface area contributed by atoms with E-state index >= 15 is 0 Å². The molecule has 7 heteroatoms. The first kappa shape index (κ1) is 18.2. The van der Waals surface area contributed by atoms with Crippen molar-refractivity contribution in [3.8, 4) is 5.75 Å². The number of fused-ring (bicyclic) bond motifs is 1. The maximum Gasteiger partial charge on any atom is 0.419 e. The largest absolute Gasteiger partial charge is 0.490 e. The number of ether oxygens (including phenoxy) is 1. The van der Waals surface area contributed by atoms with E-state index in [0.717, 1.165) is 24.2 Å². The van der Waals surface area contributed by atoms with E-state index < -0.39 is 5.76 Å². The number of urea groups is 1. The summed E-state index contributed by atoms with van der Waals surface area (Å²) in [7, 11) is 1.65. The summed E-state index contributed by atoms with van der Waals surface area (Å²) in [4.78, 5) is 25.9. The third-order valence-electron chi connectivity index (χ3n) is 5.16. The summed E-state index contributed by atoms with van der Waals surface area (Å²) >= 11 is 0. The van der Waals surface area contributed by atoms with Crippen LogP contribution < -0.4 is 15.8 Å². The Morgan fingerprint density at radius 1 is 1.18 bits per heavy atom. The quantitative estimate of drug-likeness (QED) is 0.753. The number of aryl methyl sites for hydroxylation is 2. The molecule has 0 radical (unpaired) electrons. The molecule has 146 valence electrons. The zero-order valence-corrected chi connectivity index (χ0v) is 16.0. The van der Waals surface area contributed by atoms with Crippen molar-refractivity contribution in [3.05, 3.63) is 58.6 Å². The van der Waals surface area contributed by atoms with Gasteiger partial charge in [0.2, 0.25) is 0 Å². The van der Waals surface area contributed by atoms with Crippen LogP contribution in [0.1, 0.15) is 18.4 Å². The Kier molecular flexibility index (Phi) is 4.81. The van der Waals surface area contributed by atoms with Crippen LogP contribution >= 0.6 is 0 Å². The van der Waals surface area contributed by atoms with Gasteiger partial charge in [-0.25, -0.2) is 9.59 Å². The number of hydrogen-bond acceptors (Lipinski definition) is 4. The molecule has 1 aliphatic heterocycles. The number of carbonyl (C=O) groups is 1. The lowest BCUT2D eigenvalue weighted by Gasteiger charge is -2.32. The van der Waals surface area contributed by atoms with Crippen molar-refractivity contribution in [1.29, 1.82) is 0 Å². The van der Waals surface area contributed by atoms with Crippen molar-refractivity contribution in [1.82, 2.24) is 9.47 Å². The molecule has 2 heterocycles. The number of benzene rings is 2. The Labute approximate surface area is 162 Å². The lowest BCUT2D eigenvalue weighted by atomic mass is 10.1. The summed E-state index contributed by atoms with van der Waals surface area (Å²) in [5.41, 5.74) is 2.86. The molecule has 0 saturated carbocycles. The number of nitrogens with one attached hydrogen (secondary N) is 1. The first-order valence-electron chi connectivity index (χ1n) is 9.39. The lowest BCUT2D eigenvalue weighted by Crippen LogP contribution is -2.43. The zero-order valence-electron chi connectivity index (χ0n) is 16.0. The number of hydrogen-bond donors (Lipinski definition) is 1. The monoisotopic (exact) mass is 381 g/mol. The number of aromatic nitrogens is 1. The molecule has 7 nitrogen and oxygen atoms in total. The van der Waals surface area contributed by atoms with Crippen LogP contribution in [0.4, 0.5) is 10.5 Å². The van der Waals surface area contributed by atoms with Gasteiger partial charge in [-0.2, -0.15) is 0 Å². The number of likely N-dealkylation sites (tertiary alicyclic amines) is 1. The minimum Gasteiger partial charge on any atom is -0.490 e. The fourth-order valence-corrected chi connectivity index (χ4v) is 3.46. The summed E-state index contributed by atoms with van der Waals surface area (Å²) in [6, 6.07) is 13.0. The Hall–Kier alpha value is -3.22. The van der Waals surface area contributed by atoms with Crippen molar-refractivity contribution in [2.24, 2.45) is 7.05 Å². The van der Waals surface area contributed by atoms with E-state index in [4.69, 9.17) is 9.15 Å². The van der Waals surface area contributed by atoms with E-state index in [-0.39, 0.29) is 12.1 Å². The lowest BCUT2D eigenvalue weighted by molar-refractivity contribution is 0.115. The molecule has 1 aliphatic rings. The van der Waals surface area contributed by atoms with Gasteiger partial charge in [-0.1, -0.05) is 18.2 Å². The summed E-state index contributed by atoms with van der Waals surface area (Å²) in [5.74, 6) is 0.484. The van der Waals surface area contributed by atoms with Crippen molar-refractivity contribution >= 4 is 22.8 Å². The highest BCUT2D eigenvalue weighted by Crippen LogP contribution is 2.23. The van der Waals surface area contributed by atoms with E-state index in [9.17, 15) is 9.59 Å². The van der Waals surface area contributed by atoms with Gasteiger partial charge in [-0.3, -0.25) is 4.57 Å². The maximum atomic E-state index is 12.6. The fourth-order valence-electron chi connectivity index (χ4n) is 3.46. The summed E-state index contributed by atoms with van der Waals surface area (Å²) in [6.45, 7) is 3.29. The van der Waals surface area contributed by atoms with Crippen LogP contribution in [0, 0.1) is 6.92 Å². The van der Waals surface area contributed by atoms with Gasteiger partial charge in [-0.15, -0.1) is 0 Å². The van der Waals surface area contributed by atoms with Crippen LogP contribution in [0.2, 0.25) is 0 Å². The predicted molar refractivity (Wildman–Crippen MR) is 107 cm³/mol. The third-order valence-corrected chi connectivity index (χ3v) is 5.16. The van der Waals surface area contributed by atoms with Gasteiger partial charge in [0.15, 0.2) is 5.58 Å². The number of rotatable bonds is 3. The highest BCUT2D eigenvalue weighted by molar-refractivity contribution is 5.91. The minimum absolute atomic E-state index is 0.111. The molecule has 0 spiro atoms. The minimum atomic E-state index is -0.422. The average molecular weight is 381 g/mol. The fraction of sp³-hybridized carbons (Fsp3) is 0.333. The normalized spacial score (nSPS) is 15.0. The van der Waals surface area contributed by atoms with Crippen LogP contribution in [0.5, 0.6) is 5.75 Å². The Bertz CT molecular complexity index is 1060. The number of piperidine rings is 1. The van der Waals surface area contributed by atoms with Crippen molar-refractivity contribution in [2.75, 3.05) is 18.4 Å². The molecular formula is C21H23N3O4. The average Bonchev–Trinajstić information content (AvgIpc) is 2.97. The second kappa shape index (κ2) is 7.42. The van der Waals surface area contributed by atoms with E-state index in [1.54, 1.807) is 30.1 Å². The van der Waals surface area contributed by atoms with Crippen molar-refractivity contribution in [2.45, 2.75) is 25.9 Å². The molecule has 1 fully saturated rings. The molecule has 0 bridgehead atoms. The number of carbonyl (C=O) groups excluding carboxylic acids is 1. The third kappa shape index (κ3) is 3.60. The molecule has 0 unspecified atom stereocenters. The summed E-state index contributed by atoms with van der Waals surface area (Å²) < 4.78 is 12.7. The highest BCUT2D eigenvalue weighted by atomic mass is 16.5. The van der Waals surface area contributed by atoms with Crippen LogP contribution in [0.25, 0.3) is 11.1 Å². The molecule has 0 atom stereocenters. The van der Waals surface area contributed by atoms with Crippen molar-refractivity contribution < 1.29 is 13.9 Å². The Balaban J connectivity index is 1.35. The van der Waals surface area contributed by atoms with Crippen LogP contribution in [0.15, 0.2) is 51.7 Å². The summed E-state index contributed by atoms with van der Waals surface area (Å²) in [5, 5.41) is 2.88. The van der Waals surface area contributed by atoms with Gasteiger partial charge in [0, 0.05) is 44.7 Å². The topological polar surface area (TPSA) is 76.7 Å². The first-order valence-corrected chi connectivity index (χ1v) is 9.39. The predicted octanol–water partition coefficient (Wildman–Crippen LogP) is 3.52. The number of para-hydroxylation sites is 1. The standard InChI is InChI=1S/C21H23N3O4/c1-14-5-3-4-6-18(14)27-16-9-11-24(12-10-16)20(25)22-15-7-8-17-19(13-15)28-21(26)23(17)2/h3-8,13,16H,9-12H2,1-2H3,(H,22,25). The molecule has 28 heavy (non-hydrogen) atoms. The smallest absolute Gasteiger partial charge is 0.419 e. The van der Waals surface area contributed by atoms with Gasteiger partial charge >= 0.3 is 11.8 Å². The highest BCUT2D eigenvalue weighted by Gasteiger charge is 2.24. The molecule has 1 aromatic heterocycles.